The van der Waals surface area contributed by atoms with Gasteiger partial charge >= 0.3 is 0 Å². The number of halogens is 1. The quantitative estimate of drug-likeness (QED) is 0.881. The topological polar surface area (TPSA) is 12.0 Å². The third-order valence-corrected chi connectivity index (χ3v) is 4.54. The van der Waals surface area contributed by atoms with Gasteiger partial charge in [0.25, 0.3) is 0 Å². The molecule has 0 saturated carbocycles. The standard InChI is InChI=1S/C14H16BrNS/c1-10-7-12(4-6-14(10)15)8-16-9-13-5-3-11(2)17-13/h3-7,16H,8-9H2,1-2H3. The Hall–Kier alpha value is -0.640. The number of hydrogen-bond donors (Lipinski definition) is 1. The van der Waals surface area contributed by atoms with Crippen LogP contribution in [0, 0.1) is 13.8 Å². The lowest BCUT2D eigenvalue weighted by molar-refractivity contribution is 0.700. The first-order valence-electron chi connectivity index (χ1n) is 5.66. The molecule has 1 aromatic carbocycles. The predicted molar refractivity (Wildman–Crippen MR) is 78.5 cm³/mol. The zero-order valence-corrected chi connectivity index (χ0v) is 12.5. The van der Waals surface area contributed by atoms with Crippen molar-refractivity contribution < 1.29 is 0 Å². The average molecular weight is 310 g/mol. The van der Waals surface area contributed by atoms with E-state index < -0.39 is 0 Å². The SMILES string of the molecule is Cc1ccc(CNCc2ccc(Br)c(C)c2)s1. The van der Waals surface area contributed by atoms with Crippen LogP contribution in [0.4, 0.5) is 0 Å². The molecular weight excluding hydrogens is 294 g/mol. The maximum Gasteiger partial charge on any atom is 0.0303 e. The molecule has 0 bridgehead atoms. The molecule has 1 heterocycles. The highest BCUT2D eigenvalue weighted by Crippen LogP contribution is 2.17. The van der Waals surface area contributed by atoms with E-state index in [9.17, 15) is 0 Å². The summed E-state index contributed by atoms with van der Waals surface area (Å²) in [6.45, 7) is 6.14. The van der Waals surface area contributed by atoms with E-state index in [0.717, 1.165) is 13.1 Å². The molecule has 0 fully saturated rings. The van der Waals surface area contributed by atoms with Crippen molar-refractivity contribution in [2.75, 3.05) is 0 Å². The molecule has 0 aliphatic carbocycles. The van der Waals surface area contributed by atoms with Crippen LogP contribution in [0.1, 0.15) is 20.9 Å². The third-order valence-electron chi connectivity index (χ3n) is 2.65. The number of thiophene rings is 1. The molecular formula is C14H16BrNS. The summed E-state index contributed by atoms with van der Waals surface area (Å²) in [5.41, 5.74) is 2.62. The van der Waals surface area contributed by atoms with Crippen LogP contribution in [-0.4, -0.2) is 0 Å². The highest BCUT2D eigenvalue weighted by molar-refractivity contribution is 9.10. The van der Waals surface area contributed by atoms with Gasteiger partial charge in [-0.05, 0) is 43.2 Å². The highest BCUT2D eigenvalue weighted by atomic mass is 79.9. The maximum atomic E-state index is 3.52. The number of benzene rings is 1. The Labute approximate surface area is 115 Å². The minimum atomic E-state index is 0.922. The van der Waals surface area contributed by atoms with E-state index in [2.05, 4.69) is 65.4 Å². The molecule has 1 N–H and O–H groups in total. The minimum absolute atomic E-state index is 0.922. The van der Waals surface area contributed by atoms with Crippen LogP contribution in [0.3, 0.4) is 0 Å². The fourth-order valence-corrected chi connectivity index (χ4v) is 2.83. The van der Waals surface area contributed by atoms with Gasteiger partial charge in [0.15, 0.2) is 0 Å². The number of nitrogens with one attached hydrogen (secondary N) is 1. The third kappa shape index (κ3) is 3.66. The van der Waals surface area contributed by atoms with Crippen LogP contribution in [0.2, 0.25) is 0 Å². The molecule has 2 rings (SSSR count). The van der Waals surface area contributed by atoms with Crippen LogP contribution in [0.25, 0.3) is 0 Å². The monoisotopic (exact) mass is 309 g/mol. The Kier molecular flexibility index (Phi) is 4.37. The second-order valence-electron chi connectivity index (χ2n) is 4.20. The van der Waals surface area contributed by atoms with Crippen LogP contribution in [0.5, 0.6) is 0 Å². The summed E-state index contributed by atoms with van der Waals surface area (Å²) in [6, 6.07) is 10.9. The molecule has 0 saturated heterocycles. The maximum absolute atomic E-state index is 3.52. The van der Waals surface area contributed by atoms with E-state index in [1.807, 2.05) is 11.3 Å². The van der Waals surface area contributed by atoms with E-state index in [0.29, 0.717) is 0 Å². The molecule has 90 valence electrons. The van der Waals surface area contributed by atoms with Crippen molar-refractivity contribution in [3.8, 4) is 0 Å². The van der Waals surface area contributed by atoms with Gasteiger partial charge in [0, 0.05) is 27.3 Å². The van der Waals surface area contributed by atoms with Gasteiger partial charge in [-0.2, -0.15) is 0 Å². The van der Waals surface area contributed by atoms with Crippen molar-refractivity contribution in [3.63, 3.8) is 0 Å². The van der Waals surface area contributed by atoms with Crippen molar-refractivity contribution in [2.24, 2.45) is 0 Å². The Morgan fingerprint density at radius 1 is 1.12 bits per heavy atom. The minimum Gasteiger partial charge on any atom is -0.308 e. The molecule has 1 nitrogen and oxygen atoms in total. The molecule has 0 unspecified atom stereocenters. The molecule has 0 atom stereocenters. The van der Waals surface area contributed by atoms with Crippen LogP contribution >= 0.6 is 27.3 Å². The lowest BCUT2D eigenvalue weighted by atomic mass is 10.1. The lowest BCUT2D eigenvalue weighted by Gasteiger charge is -2.05. The largest absolute Gasteiger partial charge is 0.308 e. The zero-order chi connectivity index (χ0) is 12.3. The molecule has 0 aliphatic heterocycles. The first-order chi connectivity index (χ1) is 8.15. The molecule has 0 spiro atoms. The van der Waals surface area contributed by atoms with Crippen LogP contribution in [-0.2, 0) is 13.1 Å². The number of hydrogen-bond acceptors (Lipinski definition) is 2. The summed E-state index contributed by atoms with van der Waals surface area (Å²) in [5, 5.41) is 3.47. The van der Waals surface area contributed by atoms with Crippen molar-refractivity contribution >= 4 is 27.3 Å². The Bertz CT molecular complexity index is 505. The normalized spacial score (nSPS) is 10.8. The summed E-state index contributed by atoms with van der Waals surface area (Å²) in [6.07, 6.45) is 0. The second kappa shape index (κ2) is 5.80. The highest BCUT2D eigenvalue weighted by Gasteiger charge is 1.99. The van der Waals surface area contributed by atoms with Crippen molar-refractivity contribution in [1.29, 1.82) is 0 Å². The summed E-state index contributed by atoms with van der Waals surface area (Å²) < 4.78 is 1.18. The van der Waals surface area contributed by atoms with E-state index in [-0.39, 0.29) is 0 Å². The Balaban J connectivity index is 1.87. The van der Waals surface area contributed by atoms with Crippen molar-refractivity contribution in [3.05, 3.63) is 55.7 Å². The van der Waals surface area contributed by atoms with Gasteiger partial charge < -0.3 is 5.32 Å². The van der Waals surface area contributed by atoms with Crippen LogP contribution < -0.4 is 5.32 Å². The number of aryl methyl sites for hydroxylation is 2. The summed E-state index contributed by atoms with van der Waals surface area (Å²) >= 11 is 5.38. The van der Waals surface area contributed by atoms with Gasteiger partial charge in [-0.25, -0.2) is 0 Å². The fourth-order valence-electron chi connectivity index (χ4n) is 1.73. The van der Waals surface area contributed by atoms with Gasteiger partial charge in [0.05, 0.1) is 0 Å². The molecule has 0 radical (unpaired) electrons. The van der Waals surface area contributed by atoms with Crippen molar-refractivity contribution in [2.45, 2.75) is 26.9 Å². The van der Waals surface area contributed by atoms with E-state index in [4.69, 9.17) is 0 Å². The predicted octanol–water partition coefficient (Wildman–Crippen LogP) is 4.42. The van der Waals surface area contributed by atoms with Crippen molar-refractivity contribution in [1.82, 2.24) is 5.32 Å². The van der Waals surface area contributed by atoms with E-state index in [1.165, 1.54) is 25.4 Å². The van der Waals surface area contributed by atoms with Gasteiger partial charge in [-0.15, -0.1) is 11.3 Å². The summed E-state index contributed by atoms with van der Waals surface area (Å²) in [5.74, 6) is 0. The Morgan fingerprint density at radius 2 is 1.94 bits per heavy atom. The number of rotatable bonds is 4. The smallest absolute Gasteiger partial charge is 0.0303 e. The van der Waals surface area contributed by atoms with Crippen LogP contribution in [0.15, 0.2) is 34.8 Å². The first-order valence-corrected chi connectivity index (χ1v) is 7.27. The second-order valence-corrected chi connectivity index (χ2v) is 6.43. The van der Waals surface area contributed by atoms with E-state index >= 15 is 0 Å². The lowest BCUT2D eigenvalue weighted by Crippen LogP contribution is -2.11. The first kappa shape index (κ1) is 12.8. The molecule has 1 aromatic heterocycles. The molecule has 0 amide bonds. The summed E-state index contributed by atoms with van der Waals surface area (Å²) in [7, 11) is 0. The summed E-state index contributed by atoms with van der Waals surface area (Å²) in [4.78, 5) is 2.78. The average Bonchev–Trinajstić information content (AvgIpc) is 2.70. The van der Waals surface area contributed by atoms with Gasteiger partial charge in [-0.1, -0.05) is 28.1 Å². The molecule has 0 aliphatic rings. The zero-order valence-electron chi connectivity index (χ0n) is 10.1. The van der Waals surface area contributed by atoms with E-state index in [1.54, 1.807) is 0 Å². The van der Waals surface area contributed by atoms with Gasteiger partial charge in [0.1, 0.15) is 0 Å². The van der Waals surface area contributed by atoms with Gasteiger partial charge in [0.2, 0.25) is 0 Å². The molecule has 3 heteroatoms. The Morgan fingerprint density at radius 3 is 2.59 bits per heavy atom. The fraction of sp³-hybridized carbons (Fsp3) is 0.286. The molecule has 2 aromatic rings. The molecule has 17 heavy (non-hydrogen) atoms. The van der Waals surface area contributed by atoms with Gasteiger partial charge in [-0.3, -0.25) is 0 Å².